The number of rotatable bonds is 7. The van der Waals surface area contributed by atoms with Crippen molar-refractivity contribution in [1.82, 2.24) is 0 Å². The predicted molar refractivity (Wildman–Crippen MR) is 104 cm³/mol. The van der Waals surface area contributed by atoms with E-state index < -0.39 is 8.07 Å². The van der Waals surface area contributed by atoms with E-state index in [0.29, 0.717) is 6.42 Å². The van der Waals surface area contributed by atoms with Gasteiger partial charge in [0.05, 0.1) is 0 Å². The van der Waals surface area contributed by atoms with Gasteiger partial charge in [0.15, 0.2) is 0 Å². The number of unbranched alkanes of at least 4 members (excludes halogenated alkanes) is 1. The fourth-order valence-electron chi connectivity index (χ4n) is 3.55. The Labute approximate surface area is 145 Å². The van der Waals surface area contributed by atoms with Crippen LogP contribution in [-0.4, -0.2) is 14.4 Å². The van der Waals surface area contributed by atoms with Crippen LogP contribution >= 0.6 is 0 Å². The van der Waals surface area contributed by atoms with Gasteiger partial charge in [0.25, 0.3) is 0 Å². The molecule has 0 heterocycles. The summed E-state index contributed by atoms with van der Waals surface area (Å²) in [6.45, 7) is 0. The van der Waals surface area contributed by atoms with Crippen molar-refractivity contribution in [2.45, 2.75) is 18.9 Å². The Kier molecular flexibility index (Phi) is 5.39. The van der Waals surface area contributed by atoms with Gasteiger partial charge < -0.3 is 4.79 Å². The number of benzene rings is 3. The van der Waals surface area contributed by atoms with Gasteiger partial charge in [-0.15, -0.1) is 0 Å². The molecule has 0 aliphatic heterocycles. The lowest BCUT2D eigenvalue weighted by atomic mass is 10.3. The molecule has 120 valence electrons. The highest BCUT2D eigenvalue weighted by Gasteiger charge is 2.38. The fraction of sp³-hybridized carbons (Fsp3) is 0.136. The lowest BCUT2D eigenvalue weighted by Crippen LogP contribution is -2.66. The number of hydrogen-bond acceptors (Lipinski definition) is 1. The molecule has 2 heteroatoms. The molecule has 0 aromatic heterocycles. The maximum Gasteiger partial charge on any atom is 0.148 e. The molecule has 3 rings (SSSR count). The normalized spacial score (nSPS) is 11.2. The first-order valence-corrected chi connectivity index (χ1v) is 10.7. The summed E-state index contributed by atoms with van der Waals surface area (Å²) in [5.74, 6) is 0. The van der Waals surface area contributed by atoms with E-state index >= 15 is 0 Å². The second-order valence-corrected chi connectivity index (χ2v) is 10.1. The maximum atomic E-state index is 10.9. The molecule has 3 aromatic carbocycles. The monoisotopic (exact) mass is 330 g/mol. The van der Waals surface area contributed by atoms with Crippen molar-refractivity contribution < 1.29 is 4.79 Å². The first-order chi connectivity index (χ1) is 11.9. The molecule has 0 radical (unpaired) electrons. The summed E-state index contributed by atoms with van der Waals surface area (Å²) in [7, 11) is -2.12. The Bertz CT molecular complexity index is 657. The third kappa shape index (κ3) is 3.24. The Morgan fingerprint density at radius 3 is 1.33 bits per heavy atom. The van der Waals surface area contributed by atoms with E-state index in [9.17, 15) is 4.79 Å². The van der Waals surface area contributed by atoms with Crippen molar-refractivity contribution >= 4 is 29.9 Å². The molecule has 0 saturated heterocycles. The fourth-order valence-corrected chi connectivity index (χ4v) is 8.44. The van der Waals surface area contributed by atoms with Crippen LogP contribution < -0.4 is 15.6 Å². The van der Waals surface area contributed by atoms with Crippen LogP contribution in [0.3, 0.4) is 0 Å². The molecule has 0 bridgehead atoms. The van der Waals surface area contributed by atoms with E-state index in [0.717, 1.165) is 18.8 Å². The van der Waals surface area contributed by atoms with Crippen molar-refractivity contribution in [1.29, 1.82) is 0 Å². The third-order valence-corrected chi connectivity index (χ3v) is 9.73. The summed E-state index contributed by atoms with van der Waals surface area (Å²) in [4.78, 5) is 10.9. The molecule has 0 N–H and O–H groups in total. The van der Waals surface area contributed by atoms with Gasteiger partial charge in [0, 0.05) is 6.42 Å². The topological polar surface area (TPSA) is 17.1 Å². The highest BCUT2D eigenvalue weighted by Crippen LogP contribution is 2.16. The van der Waals surface area contributed by atoms with Gasteiger partial charge in [0.2, 0.25) is 0 Å². The molecule has 0 aliphatic carbocycles. The molecule has 3 aromatic rings. The van der Waals surface area contributed by atoms with E-state index in [4.69, 9.17) is 0 Å². The number of carbonyl (C=O) groups excluding carboxylic acids is 1. The zero-order valence-electron chi connectivity index (χ0n) is 13.8. The van der Waals surface area contributed by atoms with Crippen LogP contribution in [0.15, 0.2) is 91.0 Å². The number of aldehydes is 1. The minimum Gasteiger partial charge on any atom is -0.303 e. The third-order valence-electron chi connectivity index (χ3n) is 4.67. The molecule has 0 amide bonds. The van der Waals surface area contributed by atoms with Crippen LogP contribution in [0.4, 0.5) is 0 Å². The van der Waals surface area contributed by atoms with Crippen molar-refractivity contribution in [2.75, 3.05) is 0 Å². The molecule has 0 atom stereocenters. The van der Waals surface area contributed by atoms with E-state index in [1.807, 2.05) is 0 Å². The van der Waals surface area contributed by atoms with Crippen molar-refractivity contribution in [3.8, 4) is 0 Å². The zero-order chi connectivity index (χ0) is 16.7. The van der Waals surface area contributed by atoms with E-state index in [-0.39, 0.29) is 0 Å². The Balaban J connectivity index is 2.22. The van der Waals surface area contributed by atoms with Gasteiger partial charge >= 0.3 is 0 Å². The van der Waals surface area contributed by atoms with Crippen LogP contribution in [0.2, 0.25) is 6.04 Å². The van der Waals surface area contributed by atoms with Gasteiger partial charge in [0.1, 0.15) is 14.4 Å². The average Bonchev–Trinajstić information content (AvgIpc) is 2.68. The molecular weight excluding hydrogens is 308 g/mol. The second kappa shape index (κ2) is 7.89. The maximum absolute atomic E-state index is 10.9. The van der Waals surface area contributed by atoms with E-state index in [1.54, 1.807) is 0 Å². The van der Waals surface area contributed by atoms with Crippen molar-refractivity contribution in [3.63, 3.8) is 0 Å². The standard InChI is InChI=1S/C22H22OSi/c23-18-10-11-19-24(20-12-4-1-5-13-20,21-14-6-2-7-15-21)22-16-8-3-9-17-22/h1-9,12-18H,10-11,19H2. The minimum absolute atomic E-state index is 0.626. The molecule has 1 nitrogen and oxygen atoms in total. The van der Waals surface area contributed by atoms with E-state index in [2.05, 4.69) is 91.0 Å². The van der Waals surface area contributed by atoms with Crippen LogP contribution in [0.5, 0.6) is 0 Å². The highest BCUT2D eigenvalue weighted by molar-refractivity contribution is 7.11. The summed E-state index contributed by atoms with van der Waals surface area (Å²) < 4.78 is 0. The Hall–Kier alpha value is -2.45. The Morgan fingerprint density at radius 1 is 0.625 bits per heavy atom. The molecule has 0 saturated carbocycles. The molecule has 0 fully saturated rings. The quantitative estimate of drug-likeness (QED) is 0.281. The lowest BCUT2D eigenvalue weighted by molar-refractivity contribution is -0.107. The summed E-state index contributed by atoms with van der Waals surface area (Å²) in [5.41, 5.74) is 0. The predicted octanol–water partition coefficient (Wildman–Crippen LogP) is 3.14. The largest absolute Gasteiger partial charge is 0.303 e. The van der Waals surface area contributed by atoms with Crippen LogP contribution in [-0.2, 0) is 4.79 Å². The van der Waals surface area contributed by atoms with Crippen molar-refractivity contribution in [2.24, 2.45) is 0 Å². The van der Waals surface area contributed by atoms with Gasteiger partial charge in [-0.1, -0.05) is 91.0 Å². The molecule has 0 aliphatic rings. The minimum atomic E-state index is -2.12. The number of hydrogen-bond donors (Lipinski definition) is 0. The molecule has 24 heavy (non-hydrogen) atoms. The van der Waals surface area contributed by atoms with Gasteiger partial charge in [-0.3, -0.25) is 0 Å². The van der Waals surface area contributed by atoms with Crippen LogP contribution in [0, 0.1) is 0 Å². The van der Waals surface area contributed by atoms with Gasteiger partial charge in [-0.25, -0.2) is 0 Å². The van der Waals surface area contributed by atoms with Gasteiger partial charge in [-0.05, 0) is 28.0 Å². The van der Waals surface area contributed by atoms with Crippen LogP contribution in [0.25, 0.3) is 0 Å². The Morgan fingerprint density at radius 2 is 1.00 bits per heavy atom. The van der Waals surface area contributed by atoms with E-state index in [1.165, 1.54) is 15.6 Å². The second-order valence-electron chi connectivity index (χ2n) is 6.06. The molecule has 0 spiro atoms. The number of carbonyl (C=O) groups is 1. The first-order valence-electron chi connectivity index (χ1n) is 8.48. The molecule has 0 unspecified atom stereocenters. The summed E-state index contributed by atoms with van der Waals surface area (Å²) in [6.07, 6.45) is 2.59. The summed E-state index contributed by atoms with van der Waals surface area (Å²) in [6, 6.07) is 33.6. The smallest absolute Gasteiger partial charge is 0.148 e. The summed E-state index contributed by atoms with van der Waals surface area (Å²) in [5, 5.41) is 4.23. The summed E-state index contributed by atoms with van der Waals surface area (Å²) >= 11 is 0. The highest BCUT2D eigenvalue weighted by atomic mass is 28.3. The average molecular weight is 331 g/mol. The molecular formula is C22H22OSi. The first kappa shape index (κ1) is 16.4. The SMILES string of the molecule is O=CCCC[Si](c1ccccc1)(c1ccccc1)c1ccccc1. The van der Waals surface area contributed by atoms with Crippen LogP contribution in [0.1, 0.15) is 12.8 Å². The van der Waals surface area contributed by atoms with Crippen molar-refractivity contribution in [3.05, 3.63) is 91.0 Å². The zero-order valence-corrected chi connectivity index (χ0v) is 14.8. The van der Waals surface area contributed by atoms with Gasteiger partial charge in [-0.2, -0.15) is 0 Å². The lowest BCUT2D eigenvalue weighted by Gasteiger charge is -2.33.